The fourth-order valence-electron chi connectivity index (χ4n) is 1.37. The molecule has 4 heteroatoms. The highest BCUT2D eigenvalue weighted by atomic mass is 16.5. The molecular formula is C7H15NO3. The SMILES string of the molecule is CC1[C@@H](O)[C@H](O)[C@@H](C)CN1O. The molecule has 66 valence electrons. The Balaban J connectivity index is 2.63. The molecule has 1 unspecified atom stereocenters. The Hall–Kier alpha value is -0.160. The van der Waals surface area contributed by atoms with Crippen LogP contribution in [-0.2, 0) is 0 Å². The molecule has 11 heavy (non-hydrogen) atoms. The van der Waals surface area contributed by atoms with Crippen molar-refractivity contribution in [3.8, 4) is 0 Å². The molecule has 1 fully saturated rings. The molecule has 0 aromatic heterocycles. The summed E-state index contributed by atoms with van der Waals surface area (Å²) in [4.78, 5) is 0. The Labute approximate surface area is 66.0 Å². The third-order valence-corrected chi connectivity index (χ3v) is 2.37. The molecule has 0 amide bonds. The lowest BCUT2D eigenvalue weighted by Gasteiger charge is -2.39. The molecule has 1 saturated heterocycles. The summed E-state index contributed by atoms with van der Waals surface area (Å²) in [6.07, 6.45) is -1.56. The van der Waals surface area contributed by atoms with Crippen LogP contribution < -0.4 is 0 Å². The number of piperidine rings is 1. The molecule has 1 heterocycles. The van der Waals surface area contributed by atoms with Crippen LogP contribution in [0, 0.1) is 5.92 Å². The van der Waals surface area contributed by atoms with Gasteiger partial charge in [0.2, 0.25) is 0 Å². The van der Waals surface area contributed by atoms with Crippen LogP contribution in [0.4, 0.5) is 0 Å². The van der Waals surface area contributed by atoms with Crippen LogP contribution in [0.3, 0.4) is 0 Å². The van der Waals surface area contributed by atoms with Gasteiger partial charge in [-0.1, -0.05) is 6.92 Å². The highest BCUT2D eigenvalue weighted by Crippen LogP contribution is 2.20. The highest BCUT2D eigenvalue weighted by molar-refractivity contribution is 4.86. The predicted molar refractivity (Wildman–Crippen MR) is 39.1 cm³/mol. The minimum absolute atomic E-state index is 0.0776. The number of rotatable bonds is 0. The Morgan fingerprint density at radius 3 is 2.27 bits per heavy atom. The summed E-state index contributed by atoms with van der Waals surface area (Å²) in [5.74, 6) is -0.0776. The van der Waals surface area contributed by atoms with Gasteiger partial charge in [-0.15, -0.1) is 0 Å². The van der Waals surface area contributed by atoms with Crippen LogP contribution in [-0.4, -0.2) is 45.3 Å². The van der Waals surface area contributed by atoms with Crippen molar-refractivity contribution in [1.82, 2.24) is 5.06 Å². The van der Waals surface area contributed by atoms with E-state index in [-0.39, 0.29) is 12.0 Å². The zero-order chi connectivity index (χ0) is 8.59. The van der Waals surface area contributed by atoms with E-state index in [4.69, 9.17) is 0 Å². The molecule has 0 spiro atoms. The van der Waals surface area contributed by atoms with Gasteiger partial charge in [0.1, 0.15) is 0 Å². The Morgan fingerprint density at radius 2 is 1.73 bits per heavy atom. The third kappa shape index (κ3) is 1.54. The van der Waals surface area contributed by atoms with Gasteiger partial charge in [-0.2, -0.15) is 5.06 Å². The van der Waals surface area contributed by atoms with Crippen molar-refractivity contribution in [3.63, 3.8) is 0 Å². The number of hydrogen-bond acceptors (Lipinski definition) is 4. The quantitative estimate of drug-likeness (QED) is 0.445. The monoisotopic (exact) mass is 161 g/mol. The smallest absolute Gasteiger partial charge is 0.0977 e. The van der Waals surface area contributed by atoms with E-state index in [0.29, 0.717) is 6.54 Å². The Morgan fingerprint density at radius 1 is 1.18 bits per heavy atom. The summed E-state index contributed by atoms with van der Waals surface area (Å²) in [5, 5.41) is 29.0. The maximum Gasteiger partial charge on any atom is 0.0977 e. The second-order valence-corrected chi connectivity index (χ2v) is 3.32. The zero-order valence-corrected chi connectivity index (χ0v) is 6.81. The van der Waals surface area contributed by atoms with Crippen molar-refractivity contribution in [2.45, 2.75) is 32.1 Å². The van der Waals surface area contributed by atoms with E-state index in [1.807, 2.05) is 0 Å². The molecule has 0 aromatic rings. The van der Waals surface area contributed by atoms with E-state index >= 15 is 0 Å². The summed E-state index contributed by atoms with van der Waals surface area (Å²) in [6.45, 7) is 3.89. The molecule has 4 atom stereocenters. The number of hydroxylamine groups is 2. The fourth-order valence-corrected chi connectivity index (χ4v) is 1.37. The average molecular weight is 161 g/mol. The van der Waals surface area contributed by atoms with Crippen molar-refractivity contribution in [3.05, 3.63) is 0 Å². The van der Waals surface area contributed by atoms with Gasteiger partial charge in [0, 0.05) is 6.54 Å². The molecule has 0 bridgehead atoms. The van der Waals surface area contributed by atoms with Gasteiger partial charge >= 0.3 is 0 Å². The number of aliphatic hydroxyl groups is 2. The minimum atomic E-state index is -0.844. The molecular weight excluding hydrogens is 146 g/mol. The maximum atomic E-state index is 9.35. The normalized spacial score (nSPS) is 47.7. The molecule has 3 N–H and O–H groups in total. The number of hydrogen-bond donors (Lipinski definition) is 3. The summed E-state index contributed by atoms with van der Waals surface area (Å²) in [7, 11) is 0. The second-order valence-electron chi connectivity index (χ2n) is 3.32. The van der Waals surface area contributed by atoms with E-state index < -0.39 is 12.2 Å². The third-order valence-electron chi connectivity index (χ3n) is 2.37. The van der Waals surface area contributed by atoms with E-state index in [1.165, 1.54) is 0 Å². The summed E-state index contributed by atoms with van der Waals surface area (Å²) in [6, 6.07) is -0.374. The first-order valence-electron chi connectivity index (χ1n) is 3.85. The van der Waals surface area contributed by atoms with Gasteiger partial charge in [-0.25, -0.2) is 0 Å². The van der Waals surface area contributed by atoms with Crippen LogP contribution in [0.15, 0.2) is 0 Å². The van der Waals surface area contributed by atoms with Crippen LogP contribution in [0.2, 0.25) is 0 Å². The summed E-state index contributed by atoms with van der Waals surface area (Å²) >= 11 is 0. The van der Waals surface area contributed by atoms with Crippen molar-refractivity contribution in [2.75, 3.05) is 6.54 Å². The van der Waals surface area contributed by atoms with Crippen molar-refractivity contribution in [2.24, 2.45) is 5.92 Å². The average Bonchev–Trinajstić information content (AvgIpc) is 1.97. The fraction of sp³-hybridized carbons (Fsp3) is 1.00. The Bertz CT molecular complexity index is 128. The molecule has 1 aliphatic heterocycles. The minimum Gasteiger partial charge on any atom is -0.390 e. The molecule has 0 aromatic carbocycles. The first-order chi connectivity index (χ1) is 5.04. The number of aliphatic hydroxyl groups excluding tert-OH is 2. The van der Waals surface area contributed by atoms with Gasteiger partial charge in [0.05, 0.1) is 18.2 Å². The first kappa shape index (κ1) is 8.93. The van der Waals surface area contributed by atoms with Crippen LogP contribution in [0.1, 0.15) is 13.8 Å². The van der Waals surface area contributed by atoms with E-state index in [2.05, 4.69) is 0 Å². The van der Waals surface area contributed by atoms with Crippen molar-refractivity contribution < 1.29 is 15.4 Å². The standard InChI is InChI=1S/C7H15NO3/c1-4-3-8(11)5(2)7(10)6(4)9/h4-7,9-11H,3H2,1-2H3/t4-,5?,6+,7+/m0/s1. The first-order valence-corrected chi connectivity index (χ1v) is 3.85. The second kappa shape index (κ2) is 3.06. The predicted octanol–water partition coefficient (Wildman–Crippen LogP) is -0.562. The van der Waals surface area contributed by atoms with Crippen molar-refractivity contribution in [1.29, 1.82) is 0 Å². The summed E-state index contributed by atoms with van der Waals surface area (Å²) < 4.78 is 0. The highest BCUT2D eigenvalue weighted by Gasteiger charge is 2.36. The van der Waals surface area contributed by atoms with Gasteiger partial charge in [0.25, 0.3) is 0 Å². The topological polar surface area (TPSA) is 63.9 Å². The molecule has 0 saturated carbocycles. The summed E-state index contributed by atoms with van der Waals surface area (Å²) in [5.41, 5.74) is 0. The number of nitrogens with zero attached hydrogens (tertiary/aromatic N) is 1. The largest absolute Gasteiger partial charge is 0.390 e. The van der Waals surface area contributed by atoms with Crippen molar-refractivity contribution >= 4 is 0 Å². The maximum absolute atomic E-state index is 9.35. The van der Waals surface area contributed by atoms with Gasteiger partial charge in [-0.05, 0) is 12.8 Å². The van der Waals surface area contributed by atoms with Crippen LogP contribution in [0.5, 0.6) is 0 Å². The lowest BCUT2D eigenvalue weighted by Crippen LogP contribution is -2.55. The van der Waals surface area contributed by atoms with E-state index in [9.17, 15) is 15.4 Å². The molecule has 1 rings (SSSR count). The zero-order valence-electron chi connectivity index (χ0n) is 6.81. The van der Waals surface area contributed by atoms with Crippen LogP contribution in [0.25, 0.3) is 0 Å². The lowest BCUT2D eigenvalue weighted by molar-refractivity contribution is -0.212. The molecule has 0 radical (unpaired) electrons. The molecule has 1 aliphatic rings. The van der Waals surface area contributed by atoms with E-state index in [1.54, 1.807) is 13.8 Å². The molecule has 0 aliphatic carbocycles. The Kier molecular flexibility index (Phi) is 2.49. The van der Waals surface area contributed by atoms with E-state index in [0.717, 1.165) is 5.06 Å². The lowest BCUT2D eigenvalue weighted by atomic mass is 9.91. The van der Waals surface area contributed by atoms with Gasteiger partial charge < -0.3 is 15.4 Å². The van der Waals surface area contributed by atoms with Gasteiger partial charge in [0.15, 0.2) is 0 Å². The molecule has 4 nitrogen and oxygen atoms in total. The van der Waals surface area contributed by atoms with Crippen LogP contribution >= 0.6 is 0 Å². The van der Waals surface area contributed by atoms with Gasteiger partial charge in [-0.3, -0.25) is 0 Å².